The number of aliphatic hydroxyl groups is 1. The van der Waals surface area contributed by atoms with Gasteiger partial charge in [-0.3, -0.25) is 0 Å². The summed E-state index contributed by atoms with van der Waals surface area (Å²) in [6.07, 6.45) is 0.491. The van der Waals surface area contributed by atoms with Crippen LogP contribution in [0.15, 0.2) is 22.7 Å². The van der Waals surface area contributed by atoms with Crippen molar-refractivity contribution in [2.75, 3.05) is 0 Å². The zero-order valence-corrected chi connectivity index (χ0v) is 10.5. The van der Waals surface area contributed by atoms with Crippen molar-refractivity contribution in [2.45, 2.75) is 33.3 Å². The van der Waals surface area contributed by atoms with Crippen LogP contribution in [-0.4, -0.2) is 5.11 Å². The van der Waals surface area contributed by atoms with Crippen LogP contribution in [0, 0.1) is 12.8 Å². The molecule has 0 saturated carbocycles. The lowest BCUT2D eigenvalue weighted by molar-refractivity contribution is 0.150. The van der Waals surface area contributed by atoms with E-state index in [0.29, 0.717) is 5.92 Å². The topological polar surface area (TPSA) is 20.2 Å². The van der Waals surface area contributed by atoms with E-state index in [9.17, 15) is 5.11 Å². The summed E-state index contributed by atoms with van der Waals surface area (Å²) < 4.78 is 1.07. The van der Waals surface area contributed by atoms with E-state index in [4.69, 9.17) is 0 Å². The lowest BCUT2D eigenvalue weighted by Crippen LogP contribution is -2.03. The molecule has 0 spiro atoms. The van der Waals surface area contributed by atoms with Gasteiger partial charge in [0.15, 0.2) is 0 Å². The van der Waals surface area contributed by atoms with Crippen molar-refractivity contribution in [3.8, 4) is 0 Å². The first kappa shape index (κ1) is 11.7. The average Bonchev–Trinajstić information content (AvgIpc) is 2.01. The first-order valence-corrected chi connectivity index (χ1v) is 5.74. The van der Waals surface area contributed by atoms with Crippen LogP contribution in [-0.2, 0) is 0 Å². The molecule has 0 aliphatic carbocycles. The molecule has 1 unspecified atom stereocenters. The average molecular weight is 257 g/mol. The summed E-state index contributed by atoms with van der Waals surface area (Å²) in [6.45, 7) is 6.28. The maximum absolute atomic E-state index is 9.95. The number of aryl methyl sites for hydroxylation is 1. The highest BCUT2D eigenvalue weighted by Gasteiger charge is 2.11. The molecule has 0 aromatic heterocycles. The Kier molecular flexibility index (Phi) is 4.14. The molecule has 1 N–H and O–H groups in total. The van der Waals surface area contributed by atoms with Crippen LogP contribution in [0.5, 0.6) is 0 Å². The van der Waals surface area contributed by atoms with Gasteiger partial charge in [-0.05, 0) is 42.5 Å². The molecule has 0 radical (unpaired) electrons. The molecule has 2 heteroatoms. The normalized spacial score (nSPS) is 13.3. The molecule has 1 aromatic rings. The van der Waals surface area contributed by atoms with E-state index >= 15 is 0 Å². The van der Waals surface area contributed by atoms with Gasteiger partial charge in [-0.15, -0.1) is 0 Å². The van der Waals surface area contributed by atoms with Gasteiger partial charge in [-0.2, -0.15) is 0 Å². The van der Waals surface area contributed by atoms with Gasteiger partial charge in [0.1, 0.15) is 0 Å². The number of rotatable bonds is 3. The molecule has 1 aromatic carbocycles. The molecule has 0 aliphatic rings. The Hall–Kier alpha value is -0.340. The van der Waals surface area contributed by atoms with Crippen molar-refractivity contribution >= 4 is 15.9 Å². The molecule has 0 bridgehead atoms. The van der Waals surface area contributed by atoms with Crippen molar-refractivity contribution < 1.29 is 5.11 Å². The van der Waals surface area contributed by atoms with E-state index in [0.717, 1.165) is 22.0 Å². The maximum atomic E-state index is 9.95. The molecule has 1 nitrogen and oxygen atoms in total. The molecule has 0 amide bonds. The molecule has 14 heavy (non-hydrogen) atoms. The standard InChI is InChI=1S/C12H17BrO/c1-8(2)6-12(14)11-5-4-10(13)7-9(11)3/h4-5,7-8,12,14H,6H2,1-3H3. The number of hydrogen-bond acceptors (Lipinski definition) is 1. The molecular weight excluding hydrogens is 240 g/mol. The van der Waals surface area contributed by atoms with Gasteiger partial charge in [0.2, 0.25) is 0 Å². The van der Waals surface area contributed by atoms with E-state index < -0.39 is 0 Å². The fourth-order valence-corrected chi connectivity index (χ4v) is 2.06. The highest BCUT2D eigenvalue weighted by molar-refractivity contribution is 9.10. The third kappa shape index (κ3) is 3.10. The predicted molar refractivity (Wildman–Crippen MR) is 63.3 cm³/mol. The second-order valence-electron chi connectivity index (χ2n) is 4.15. The van der Waals surface area contributed by atoms with Crippen LogP contribution in [0.4, 0.5) is 0 Å². The summed E-state index contributed by atoms with van der Waals surface area (Å²) in [4.78, 5) is 0. The SMILES string of the molecule is Cc1cc(Br)ccc1C(O)CC(C)C. The van der Waals surface area contributed by atoms with Gasteiger partial charge in [-0.1, -0.05) is 35.8 Å². The summed E-state index contributed by atoms with van der Waals surface area (Å²) in [6, 6.07) is 6.01. The minimum atomic E-state index is -0.330. The van der Waals surface area contributed by atoms with E-state index in [1.807, 2.05) is 25.1 Å². The van der Waals surface area contributed by atoms with Crippen LogP contribution in [0.1, 0.15) is 37.5 Å². The molecule has 0 aliphatic heterocycles. The molecule has 78 valence electrons. The first-order valence-electron chi connectivity index (χ1n) is 4.95. The van der Waals surface area contributed by atoms with Crippen LogP contribution in [0.3, 0.4) is 0 Å². The van der Waals surface area contributed by atoms with Gasteiger partial charge < -0.3 is 5.11 Å². The Bertz CT molecular complexity index is 307. The summed E-state index contributed by atoms with van der Waals surface area (Å²) in [5.74, 6) is 0.521. The second-order valence-corrected chi connectivity index (χ2v) is 5.06. The summed E-state index contributed by atoms with van der Waals surface area (Å²) in [5, 5.41) is 9.95. The third-order valence-electron chi connectivity index (χ3n) is 2.29. The second kappa shape index (κ2) is 4.94. The first-order chi connectivity index (χ1) is 6.50. The fourth-order valence-electron chi connectivity index (χ4n) is 1.59. The minimum Gasteiger partial charge on any atom is -0.388 e. The van der Waals surface area contributed by atoms with Crippen molar-refractivity contribution in [1.29, 1.82) is 0 Å². The van der Waals surface area contributed by atoms with Crippen LogP contribution in [0.2, 0.25) is 0 Å². The largest absolute Gasteiger partial charge is 0.388 e. The van der Waals surface area contributed by atoms with E-state index in [1.54, 1.807) is 0 Å². The third-order valence-corrected chi connectivity index (χ3v) is 2.78. The summed E-state index contributed by atoms with van der Waals surface area (Å²) in [5.41, 5.74) is 2.19. The Morgan fingerprint density at radius 3 is 2.50 bits per heavy atom. The van der Waals surface area contributed by atoms with Crippen molar-refractivity contribution in [2.24, 2.45) is 5.92 Å². The van der Waals surface area contributed by atoms with Crippen LogP contribution < -0.4 is 0 Å². The van der Waals surface area contributed by atoms with E-state index in [1.165, 1.54) is 0 Å². The fraction of sp³-hybridized carbons (Fsp3) is 0.500. The highest BCUT2D eigenvalue weighted by atomic mass is 79.9. The number of aliphatic hydroxyl groups excluding tert-OH is 1. The van der Waals surface area contributed by atoms with E-state index in [-0.39, 0.29) is 6.10 Å². The van der Waals surface area contributed by atoms with Crippen molar-refractivity contribution in [3.05, 3.63) is 33.8 Å². The Morgan fingerprint density at radius 1 is 1.36 bits per heavy atom. The van der Waals surface area contributed by atoms with Gasteiger partial charge in [0, 0.05) is 4.47 Å². The predicted octanol–water partition coefficient (Wildman–Crippen LogP) is 3.84. The number of benzene rings is 1. The molecule has 0 saturated heterocycles. The summed E-state index contributed by atoms with van der Waals surface area (Å²) in [7, 11) is 0. The smallest absolute Gasteiger partial charge is 0.0795 e. The lowest BCUT2D eigenvalue weighted by Gasteiger charge is -2.15. The van der Waals surface area contributed by atoms with Crippen molar-refractivity contribution in [1.82, 2.24) is 0 Å². The summed E-state index contributed by atoms with van der Waals surface area (Å²) >= 11 is 3.41. The Labute approximate surface area is 94.3 Å². The minimum absolute atomic E-state index is 0.330. The van der Waals surface area contributed by atoms with Gasteiger partial charge in [0.25, 0.3) is 0 Å². The van der Waals surface area contributed by atoms with Crippen LogP contribution in [0.25, 0.3) is 0 Å². The Morgan fingerprint density at radius 2 is 2.00 bits per heavy atom. The number of hydrogen-bond donors (Lipinski definition) is 1. The Balaban J connectivity index is 2.84. The maximum Gasteiger partial charge on any atom is 0.0795 e. The number of halogens is 1. The monoisotopic (exact) mass is 256 g/mol. The molecule has 1 rings (SSSR count). The van der Waals surface area contributed by atoms with Crippen molar-refractivity contribution in [3.63, 3.8) is 0 Å². The van der Waals surface area contributed by atoms with Gasteiger partial charge in [-0.25, -0.2) is 0 Å². The molecule has 0 fully saturated rings. The van der Waals surface area contributed by atoms with Gasteiger partial charge >= 0.3 is 0 Å². The van der Waals surface area contributed by atoms with Gasteiger partial charge in [0.05, 0.1) is 6.10 Å². The quantitative estimate of drug-likeness (QED) is 0.872. The van der Waals surface area contributed by atoms with Crippen LogP contribution >= 0.6 is 15.9 Å². The molecular formula is C12H17BrO. The zero-order chi connectivity index (χ0) is 10.7. The highest BCUT2D eigenvalue weighted by Crippen LogP contribution is 2.25. The molecule has 0 heterocycles. The van der Waals surface area contributed by atoms with E-state index in [2.05, 4.69) is 29.8 Å². The lowest BCUT2D eigenvalue weighted by atomic mass is 9.96. The molecule has 1 atom stereocenters. The zero-order valence-electron chi connectivity index (χ0n) is 8.92.